The first kappa shape index (κ1) is 17.3. The van der Waals surface area contributed by atoms with Gasteiger partial charge in [-0.1, -0.05) is 17.7 Å². The Bertz CT molecular complexity index is 603. The zero-order valence-corrected chi connectivity index (χ0v) is 12.7. The number of rotatable bonds is 4. The normalized spacial score (nSPS) is 32.9. The van der Waals surface area contributed by atoms with Gasteiger partial charge in [-0.05, 0) is 19.1 Å². The van der Waals surface area contributed by atoms with E-state index < -0.39 is 47.4 Å². The molecule has 0 bridgehead atoms. The van der Waals surface area contributed by atoms with Gasteiger partial charge in [-0.25, -0.2) is 0 Å². The van der Waals surface area contributed by atoms with Gasteiger partial charge < -0.3 is 25.8 Å². The molecule has 0 radical (unpaired) electrons. The van der Waals surface area contributed by atoms with Crippen molar-refractivity contribution in [2.45, 2.75) is 42.5 Å². The average molecular weight is 333 g/mol. The molecule has 1 heterocycles. The zero-order chi connectivity index (χ0) is 16.5. The van der Waals surface area contributed by atoms with Gasteiger partial charge in [-0.3, -0.25) is 4.18 Å². The van der Waals surface area contributed by atoms with E-state index in [4.69, 9.17) is 14.7 Å². The van der Waals surface area contributed by atoms with Crippen LogP contribution >= 0.6 is 0 Å². The summed E-state index contributed by atoms with van der Waals surface area (Å²) in [6.07, 6.45) is -5.65. The summed E-state index contributed by atoms with van der Waals surface area (Å²) in [4.78, 5) is -0.0406. The molecule has 0 spiro atoms. The Morgan fingerprint density at radius 3 is 2.36 bits per heavy atom. The fourth-order valence-electron chi connectivity index (χ4n) is 2.03. The highest BCUT2D eigenvalue weighted by atomic mass is 32.2. The lowest BCUT2D eigenvalue weighted by molar-refractivity contribution is -0.246. The topological polar surface area (TPSA) is 139 Å². The van der Waals surface area contributed by atoms with E-state index in [9.17, 15) is 23.7 Å². The summed E-state index contributed by atoms with van der Waals surface area (Å²) >= 11 is 0. The monoisotopic (exact) mass is 333 g/mol. The largest absolute Gasteiger partial charge is 0.388 e. The van der Waals surface area contributed by atoms with Gasteiger partial charge in [0.25, 0.3) is 10.1 Å². The highest BCUT2D eigenvalue weighted by Crippen LogP contribution is 2.21. The lowest BCUT2D eigenvalue weighted by Gasteiger charge is -2.38. The van der Waals surface area contributed by atoms with Crippen molar-refractivity contribution in [1.82, 2.24) is 0 Å². The molecule has 9 heteroatoms. The molecule has 2 rings (SSSR count). The fraction of sp³-hybridized carbons (Fsp3) is 0.538. The summed E-state index contributed by atoms with van der Waals surface area (Å²) in [5, 5.41) is 28.9. The molecule has 0 aromatic heterocycles. The van der Waals surface area contributed by atoms with Crippen molar-refractivity contribution in [3.8, 4) is 0 Å². The molecule has 8 nitrogen and oxygen atoms in total. The van der Waals surface area contributed by atoms with Gasteiger partial charge in [0.2, 0.25) is 0 Å². The van der Waals surface area contributed by atoms with Crippen molar-refractivity contribution in [3.63, 3.8) is 0 Å². The molecule has 1 saturated heterocycles. The van der Waals surface area contributed by atoms with E-state index in [0.29, 0.717) is 0 Å². The van der Waals surface area contributed by atoms with Crippen LogP contribution in [0.4, 0.5) is 0 Å². The minimum atomic E-state index is -4.03. The zero-order valence-electron chi connectivity index (χ0n) is 11.9. The number of aryl methyl sites for hydroxylation is 1. The Labute approximate surface area is 128 Å². The molecule has 0 aliphatic carbocycles. The molecule has 1 fully saturated rings. The molecule has 1 aliphatic rings. The molecule has 3 unspecified atom stereocenters. The van der Waals surface area contributed by atoms with Crippen molar-refractivity contribution >= 4 is 10.1 Å². The lowest BCUT2D eigenvalue weighted by atomic mass is 9.98. The Hall–Kier alpha value is -1.07. The van der Waals surface area contributed by atoms with Crippen LogP contribution in [-0.2, 0) is 19.0 Å². The van der Waals surface area contributed by atoms with E-state index >= 15 is 0 Å². The predicted molar refractivity (Wildman–Crippen MR) is 75.2 cm³/mol. The molecule has 1 aromatic carbocycles. The molecular weight excluding hydrogens is 314 g/mol. The minimum absolute atomic E-state index is 0.0406. The number of benzene rings is 1. The van der Waals surface area contributed by atoms with Gasteiger partial charge in [0.05, 0.1) is 17.5 Å². The summed E-state index contributed by atoms with van der Waals surface area (Å²) in [7, 11) is -4.03. The molecular formula is C13H19NO7S. The third kappa shape index (κ3) is 3.63. The van der Waals surface area contributed by atoms with E-state index in [1.54, 1.807) is 12.1 Å². The first-order valence-electron chi connectivity index (χ1n) is 6.64. The van der Waals surface area contributed by atoms with Crippen LogP contribution in [0, 0.1) is 6.92 Å². The van der Waals surface area contributed by atoms with Crippen molar-refractivity contribution in [3.05, 3.63) is 29.8 Å². The predicted octanol–water partition coefficient (Wildman–Crippen LogP) is -1.53. The number of nitrogens with two attached hydrogens (primary N) is 1. The molecule has 5 N–H and O–H groups in total. The Kier molecular flexibility index (Phi) is 5.17. The van der Waals surface area contributed by atoms with Crippen LogP contribution in [0.2, 0.25) is 0 Å². The number of aliphatic hydroxyl groups is 3. The van der Waals surface area contributed by atoms with Crippen LogP contribution in [-0.4, -0.2) is 61.0 Å². The van der Waals surface area contributed by atoms with E-state index in [1.165, 1.54) is 12.1 Å². The number of aliphatic hydroxyl groups excluding tert-OH is 3. The van der Waals surface area contributed by atoms with Crippen molar-refractivity contribution in [1.29, 1.82) is 0 Å². The summed E-state index contributed by atoms with van der Waals surface area (Å²) < 4.78 is 33.8. The second-order valence-electron chi connectivity index (χ2n) is 5.18. The van der Waals surface area contributed by atoms with E-state index in [-0.39, 0.29) is 4.90 Å². The van der Waals surface area contributed by atoms with Crippen LogP contribution in [0.1, 0.15) is 5.56 Å². The lowest BCUT2D eigenvalue weighted by Crippen LogP contribution is -2.62. The summed E-state index contributed by atoms with van der Waals surface area (Å²) in [6, 6.07) is 4.84. The standard InChI is InChI=1S/C13H19NO7S/c1-7-2-4-8(5-3-7)22(18,19)20-6-9-11(15)12(16)10(14)13(17)21-9/h2-5,9-13,15-17H,6,14H2,1H3/t9?,10?,11-,12+,13?/m0/s1. The van der Waals surface area contributed by atoms with E-state index in [2.05, 4.69) is 0 Å². The van der Waals surface area contributed by atoms with Gasteiger partial charge in [0.15, 0.2) is 6.29 Å². The van der Waals surface area contributed by atoms with Gasteiger partial charge in [-0.2, -0.15) is 8.42 Å². The maximum Gasteiger partial charge on any atom is 0.297 e. The highest BCUT2D eigenvalue weighted by Gasteiger charge is 2.42. The quantitative estimate of drug-likeness (QED) is 0.487. The molecule has 0 saturated carbocycles. The second kappa shape index (κ2) is 6.59. The smallest absolute Gasteiger partial charge is 0.297 e. The maximum absolute atomic E-state index is 12.0. The number of ether oxygens (including phenoxy) is 1. The van der Waals surface area contributed by atoms with Crippen LogP contribution in [0.3, 0.4) is 0 Å². The maximum atomic E-state index is 12.0. The van der Waals surface area contributed by atoms with Crippen LogP contribution < -0.4 is 5.73 Å². The minimum Gasteiger partial charge on any atom is -0.388 e. The second-order valence-corrected chi connectivity index (χ2v) is 6.79. The molecule has 22 heavy (non-hydrogen) atoms. The molecule has 1 aromatic rings. The number of hydrogen-bond acceptors (Lipinski definition) is 8. The molecule has 0 amide bonds. The molecule has 5 atom stereocenters. The van der Waals surface area contributed by atoms with Crippen molar-refractivity contribution in [2.24, 2.45) is 5.73 Å². The Balaban J connectivity index is 2.04. The van der Waals surface area contributed by atoms with Crippen molar-refractivity contribution in [2.75, 3.05) is 6.61 Å². The molecule has 124 valence electrons. The van der Waals surface area contributed by atoms with Crippen molar-refractivity contribution < 1.29 is 32.7 Å². The van der Waals surface area contributed by atoms with E-state index in [1.807, 2.05) is 6.92 Å². The van der Waals surface area contributed by atoms with Gasteiger partial charge in [0.1, 0.15) is 18.3 Å². The number of hydrogen-bond donors (Lipinski definition) is 4. The average Bonchev–Trinajstić information content (AvgIpc) is 2.48. The Morgan fingerprint density at radius 1 is 1.18 bits per heavy atom. The Morgan fingerprint density at radius 2 is 1.77 bits per heavy atom. The highest BCUT2D eigenvalue weighted by molar-refractivity contribution is 7.86. The van der Waals surface area contributed by atoms with Gasteiger partial charge in [0, 0.05) is 0 Å². The van der Waals surface area contributed by atoms with Crippen LogP contribution in [0.5, 0.6) is 0 Å². The van der Waals surface area contributed by atoms with Gasteiger partial charge >= 0.3 is 0 Å². The molecule has 1 aliphatic heterocycles. The summed E-state index contributed by atoms with van der Waals surface area (Å²) in [5.74, 6) is 0. The fourth-order valence-corrected chi connectivity index (χ4v) is 2.95. The van der Waals surface area contributed by atoms with Gasteiger partial charge in [-0.15, -0.1) is 0 Å². The van der Waals surface area contributed by atoms with E-state index in [0.717, 1.165) is 5.56 Å². The third-order valence-electron chi connectivity index (χ3n) is 3.47. The SMILES string of the molecule is Cc1ccc(S(=O)(=O)OCC2OC(O)C(N)[C@@H](O)[C@H]2O)cc1. The first-order valence-corrected chi connectivity index (χ1v) is 8.04. The summed E-state index contributed by atoms with van der Waals surface area (Å²) in [5.41, 5.74) is 6.31. The first-order chi connectivity index (χ1) is 10.2. The third-order valence-corrected chi connectivity index (χ3v) is 4.76. The summed E-state index contributed by atoms with van der Waals surface area (Å²) in [6.45, 7) is 1.26. The van der Waals surface area contributed by atoms with Crippen LogP contribution in [0.15, 0.2) is 29.2 Å². The van der Waals surface area contributed by atoms with Crippen LogP contribution in [0.25, 0.3) is 0 Å².